The molecule has 5 rings (SSSR count). The van der Waals surface area contributed by atoms with Gasteiger partial charge in [-0.3, -0.25) is 4.72 Å². The highest BCUT2D eigenvalue weighted by molar-refractivity contribution is 7.92. The first-order valence-electron chi connectivity index (χ1n) is 10.4. The number of aryl methyl sites for hydroxylation is 1. The summed E-state index contributed by atoms with van der Waals surface area (Å²) in [7, 11) is -3.77. The van der Waals surface area contributed by atoms with Crippen molar-refractivity contribution in [3.05, 3.63) is 103 Å². The molecular formula is C25H21N5O2S. The second-order valence-corrected chi connectivity index (χ2v) is 9.40. The first kappa shape index (κ1) is 20.8. The number of fused-ring (bicyclic) bond motifs is 1. The highest BCUT2D eigenvalue weighted by atomic mass is 32.2. The minimum absolute atomic E-state index is 0.197. The lowest BCUT2D eigenvalue weighted by molar-refractivity contribution is 0.601. The minimum Gasteiger partial charge on any atom is -0.311 e. The lowest BCUT2D eigenvalue weighted by Gasteiger charge is -2.13. The Labute approximate surface area is 191 Å². The van der Waals surface area contributed by atoms with Crippen molar-refractivity contribution in [3.8, 4) is 11.3 Å². The van der Waals surface area contributed by atoms with Crippen LogP contribution >= 0.6 is 0 Å². The number of benzene rings is 3. The molecule has 33 heavy (non-hydrogen) atoms. The van der Waals surface area contributed by atoms with Crippen LogP contribution in [-0.2, 0) is 16.6 Å². The van der Waals surface area contributed by atoms with Gasteiger partial charge in [-0.05, 0) is 30.7 Å². The maximum Gasteiger partial charge on any atom is 0.261 e. The van der Waals surface area contributed by atoms with Gasteiger partial charge in [-0.15, -0.1) is 0 Å². The Morgan fingerprint density at radius 3 is 2.36 bits per heavy atom. The van der Waals surface area contributed by atoms with Crippen LogP contribution in [0.15, 0.2) is 96.4 Å². The van der Waals surface area contributed by atoms with Crippen molar-refractivity contribution in [3.63, 3.8) is 0 Å². The standard InChI is InChI=1S/C25H21N5O2S/c1-18-11-13-20(14-12-18)33(31,32)29-22-10-6-5-9-21(22)23-24-25(27-16-26-23)30(17-28-24)15-19-7-3-2-4-8-19/h2-14,16-17,29H,15H2,1H3. The van der Waals surface area contributed by atoms with E-state index in [4.69, 9.17) is 0 Å². The molecule has 0 bridgehead atoms. The molecule has 0 aliphatic heterocycles. The molecule has 0 unspecified atom stereocenters. The van der Waals surface area contributed by atoms with Gasteiger partial charge in [0.05, 0.1) is 23.5 Å². The van der Waals surface area contributed by atoms with Crippen molar-refractivity contribution in [1.82, 2.24) is 19.5 Å². The normalized spacial score (nSPS) is 11.5. The van der Waals surface area contributed by atoms with Gasteiger partial charge in [-0.25, -0.2) is 23.4 Å². The van der Waals surface area contributed by atoms with Gasteiger partial charge in [0.1, 0.15) is 17.5 Å². The maximum absolute atomic E-state index is 13.0. The summed E-state index contributed by atoms with van der Waals surface area (Å²) in [4.78, 5) is 13.6. The third-order valence-corrected chi connectivity index (χ3v) is 6.74. The largest absolute Gasteiger partial charge is 0.311 e. The van der Waals surface area contributed by atoms with Crippen molar-refractivity contribution in [2.24, 2.45) is 0 Å². The molecule has 0 spiro atoms. The molecule has 7 nitrogen and oxygen atoms in total. The topological polar surface area (TPSA) is 89.8 Å². The molecule has 2 aromatic heterocycles. The fraction of sp³-hybridized carbons (Fsp3) is 0.0800. The third kappa shape index (κ3) is 4.20. The number of hydrogen-bond acceptors (Lipinski definition) is 5. The molecule has 3 aromatic carbocycles. The Morgan fingerprint density at radius 2 is 1.58 bits per heavy atom. The third-order valence-electron chi connectivity index (χ3n) is 5.35. The lowest BCUT2D eigenvalue weighted by atomic mass is 10.1. The fourth-order valence-corrected chi connectivity index (χ4v) is 4.75. The van der Waals surface area contributed by atoms with E-state index in [0.717, 1.165) is 11.1 Å². The Kier molecular flexibility index (Phi) is 5.35. The number of para-hydroxylation sites is 1. The van der Waals surface area contributed by atoms with Crippen LogP contribution in [0, 0.1) is 6.92 Å². The monoisotopic (exact) mass is 455 g/mol. The van der Waals surface area contributed by atoms with Crippen LogP contribution in [0.4, 0.5) is 5.69 Å². The predicted octanol–water partition coefficient (Wildman–Crippen LogP) is 4.65. The number of sulfonamides is 1. The van der Waals surface area contributed by atoms with E-state index in [9.17, 15) is 8.42 Å². The van der Waals surface area contributed by atoms with Gasteiger partial charge in [0.15, 0.2) is 5.65 Å². The van der Waals surface area contributed by atoms with E-state index < -0.39 is 10.0 Å². The quantitative estimate of drug-likeness (QED) is 0.403. The molecule has 0 radical (unpaired) electrons. The smallest absolute Gasteiger partial charge is 0.261 e. The number of imidazole rings is 1. The van der Waals surface area contributed by atoms with E-state index in [1.165, 1.54) is 6.33 Å². The number of rotatable bonds is 6. The zero-order valence-electron chi connectivity index (χ0n) is 17.9. The predicted molar refractivity (Wildman–Crippen MR) is 128 cm³/mol. The highest BCUT2D eigenvalue weighted by Crippen LogP contribution is 2.32. The summed E-state index contributed by atoms with van der Waals surface area (Å²) in [6, 6.07) is 23.9. The first-order chi connectivity index (χ1) is 16.0. The molecule has 8 heteroatoms. The number of aromatic nitrogens is 4. The average molecular weight is 456 g/mol. The maximum atomic E-state index is 13.0. The Bertz CT molecular complexity index is 1530. The second kappa shape index (κ2) is 8.48. The van der Waals surface area contributed by atoms with E-state index in [0.29, 0.717) is 34.7 Å². The van der Waals surface area contributed by atoms with Crippen LogP contribution in [0.2, 0.25) is 0 Å². The zero-order chi connectivity index (χ0) is 22.8. The molecule has 0 fully saturated rings. The fourth-order valence-electron chi connectivity index (χ4n) is 3.67. The molecule has 0 aliphatic carbocycles. The van der Waals surface area contributed by atoms with Crippen LogP contribution in [0.5, 0.6) is 0 Å². The van der Waals surface area contributed by atoms with E-state index >= 15 is 0 Å². The van der Waals surface area contributed by atoms with Crippen molar-refractivity contribution < 1.29 is 8.42 Å². The van der Waals surface area contributed by atoms with Gasteiger partial charge >= 0.3 is 0 Å². The Balaban J connectivity index is 1.54. The van der Waals surface area contributed by atoms with Crippen molar-refractivity contribution >= 4 is 26.9 Å². The molecular weight excluding hydrogens is 434 g/mol. The molecule has 0 aliphatic rings. The Hall–Kier alpha value is -4.04. The van der Waals surface area contributed by atoms with Crippen LogP contribution in [0.3, 0.4) is 0 Å². The summed E-state index contributed by atoms with van der Waals surface area (Å²) in [5.74, 6) is 0. The first-order valence-corrected chi connectivity index (χ1v) is 11.9. The van der Waals surface area contributed by atoms with E-state index in [2.05, 4.69) is 19.7 Å². The van der Waals surface area contributed by atoms with E-state index in [1.54, 1.807) is 42.7 Å². The van der Waals surface area contributed by atoms with Gasteiger partial charge < -0.3 is 4.57 Å². The van der Waals surface area contributed by atoms with Crippen molar-refractivity contribution in [2.75, 3.05) is 4.72 Å². The summed E-state index contributed by atoms with van der Waals surface area (Å²) in [6.45, 7) is 2.53. The molecule has 1 N–H and O–H groups in total. The van der Waals surface area contributed by atoms with Gasteiger partial charge in [-0.2, -0.15) is 0 Å². The SMILES string of the molecule is Cc1ccc(S(=O)(=O)Nc2ccccc2-c2ncnc3c2ncn3Cc2ccccc2)cc1. The Morgan fingerprint density at radius 1 is 0.848 bits per heavy atom. The van der Waals surface area contributed by atoms with Gasteiger partial charge in [0.25, 0.3) is 10.0 Å². The van der Waals surface area contributed by atoms with E-state index in [-0.39, 0.29) is 4.90 Å². The number of anilines is 1. The molecule has 5 aromatic rings. The summed E-state index contributed by atoms with van der Waals surface area (Å²) in [5, 5.41) is 0. The molecule has 0 saturated heterocycles. The molecule has 2 heterocycles. The molecule has 0 saturated carbocycles. The summed E-state index contributed by atoms with van der Waals surface area (Å²) >= 11 is 0. The highest BCUT2D eigenvalue weighted by Gasteiger charge is 2.19. The van der Waals surface area contributed by atoms with Crippen molar-refractivity contribution in [2.45, 2.75) is 18.4 Å². The number of nitrogens with one attached hydrogen (secondary N) is 1. The average Bonchev–Trinajstić information content (AvgIpc) is 3.23. The van der Waals surface area contributed by atoms with Crippen LogP contribution < -0.4 is 4.72 Å². The van der Waals surface area contributed by atoms with Crippen LogP contribution in [-0.4, -0.2) is 27.9 Å². The minimum atomic E-state index is -3.77. The zero-order valence-corrected chi connectivity index (χ0v) is 18.7. The second-order valence-electron chi connectivity index (χ2n) is 7.72. The van der Waals surface area contributed by atoms with E-state index in [1.807, 2.05) is 54.0 Å². The number of hydrogen-bond donors (Lipinski definition) is 1. The molecule has 0 atom stereocenters. The summed E-state index contributed by atoms with van der Waals surface area (Å²) < 4.78 is 30.7. The molecule has 164 valence electrons. The summed E-state index contributed by atoms with van der Waals surface area (Å²) in [5.41, 5.74) is 5.03. The van der Waals surface area contributed by atoms with Crippen LogP contribution in [0.25, 0.3) is 22.4 Å². The molecule has 0 amide bonds. The summed E-state index contributed by atoms with van der Waals surface area (Å²) in [6.07, 6.45) is 3.21. The van der Waals surface area contributed by atoms with Gasteiger partial charge in [-0.1, -0.05) is 66.2 Å². The van der Waals surface area contributed by atoms with Crippen LogP contribution in [0.1, 0.15) is 11.1 Å². The lowest BCUT2D eigenvalue weighted by Crippen LogP contribution is -2.13. The van der Waals surface area contributed by atoms with Crippen molar-refractivity contribution in [1.29, 1.82) is 0 Å². The van der Waals surface area contributed by atoms with Gasteiger partial charge in [0, 0.05) is 5.56 Å². The van der Waals surface area contributed by atoms with Gasteiger partial charge in [0.2, 0.25) is 0 Å². The number of nitrogens with zero attached hydrogens (tertiary/aromatic N) is 4.